The predicted molar refractivity (Wildman–Crippen MR) is 118 cm³/mol. The molecule has 1 N–H and O–H groups in total. The highest BCUT2D eigenvalue weighted by atomic mass is 35.5. The summed E-state index contributed by atoms with van der Waals surface area (Å²) >= 11 is 7.90. The van der Waals surface area contributed by atoms with Gasteiger partial charge in [0.1, 0.15) is 6.04 Å². The van der Waals surface area contributed by atoms with Gasteiger partial charge in [-0.05, 0) is 76.1 Å². The molecule has 1 saturated heterocycles. The van der Waals surface area contributed by atoms with E-state index in [1.807, 2.05) is 13.0 Å². The number of thioether (sulfide) groups is 1. The van der Waals surface area contributed by atoms with E-state index in [0.717, 1.165) is 37.1 Å². The summed E-state index contributed by atoms with van der Waals surface area (Å²) in [4.78, 5) is 25.3. The fourth-order valence-electron chi connectivity index (χ4n) is 4.20. The lowest BCUT2D eigenvalue weighted by Gasteiger charge is -2.41. The number of carbonyl (C=O) groups excluding carboxylic acids is 2. The second kappa shape index (κ2) is 11.4. The van der Waals surface area contributed by atoms with Crippen molar-refractivity contribution >= 4 is 47.7 Å². The van der Waals surface area contributed by atoms with Gasteiger partial charge < -0.3 is 14.8 Å². The topological polar surface area (TPSA) is 64.6 Å². The molecule has 1 aromatic rings. The lowest BCUT2D eigenvalue weighted by atomic mass is 9.73. The molecule has 0 radical (unpaired) electrons. The van der Waals surface area contributed by atoms with Crippen LogP contribution in [0.25, 0.3) is 0 Å². The maximum atomic E-state index is 12.3. The number of halogens is 2. The molecule has 29 heavy (non-hydrogen) atoms. The van der Waals surface area contributed by atoms with Crippen LogP contribution >= 0.6 is 35.8 Å². The highest BCUT2D eigenvalue weighted by Crippen LogP contribution is 2.43. The van der Waals surface area contributed by atoms with E-state index in [0.29, 0.717) is 40.9 Å². The number of hydrogen-bond donors (Lipinski definition) is 1. The average Bonchev–Trinajstić information content (AvgIpc) is 2.68. The van der Waals surface area contributed by atoms with Gasteiger partial charge in [-0.1, -0.05) is 11.6 Å². The highest BCUT2D eigenvalue weighted by Gasteiger charge is 2.38. The lowest BCUT2D eigenvalue weighted by molar-refractivity contribution is -0.147. The van der Waals surface area contributed by atoms with Crippen LogP contribution in [-0.4, -0.2) is 43.0 Å². The minimum atomic E-state index is -0.306. The van der Waals surface area contributed by atoms with Gasteiger partial charge in [0, 0.05) is 15.2 Å². The predicted octanol–water partition coefficient (Wildman–Crippen LogP) is 4.74. The molecule has 4 atom stereocenters. The monoisotopic (exact) mass is 461 g/mol. The molecule has 0 bridgehead atoms. The molecule has 1 aromatic carbocycles. The van der Waals surface area contributed by atoms with E-state index in [2.05, 4.69) is 5.32 Å². The third-order valence-electron chi connectivity index (χ3n) is 5.56. The van der Waals surface area contributed by atoms with Crippen molar-refractivity contribution in [2.24, 2.45) is 11.8 Å². The van der Waals surface area contributed by atoms with E-state index in [4.69, 9.17) is 21.1 Å². The second-order valence-corrected chi connectivity index (χ2v) is 9.16. The van der Waals surface area contributed by atoms with E-state index in [9.17, 15) is 9.59 Å². The van der Waals surface area contributed by atoms with E-state index in [1.165, 1.54) is 0 Å². The first-order valence-electron chi connectivity index (χ1n) is 10.0. The van der Waals surface area contributed by atoms with Crippen molar-refractivity contribution in [3.63, 3.8) is 0 Å². The summed E-state index contributed by atoms with van der Waals surface area (Å²) in [6, 6.07) is 5.13. The number of nitrogens with one attached hydrogen (secondary N) is 1. The van der Waals surface area contributed by atoms with Gasteiger partial charge in [-0.2, -0.15) is 0 Å². The van der Waals surface area contributed by atoms with Crippen LogP contribution in [0.4, 0.5) is 0 Å². The van der Waals surface area contributed by atoms with Gasteiger partial charge in [0.25, 0.3) is 0 Å². The van der Waals surface area contributed by atoms with E-state index in [-0.39, 0.29) is 30.4 Å². The van der Waals surface area contributed by atoms with Gasteiger partial charge in [-0.25, -0.2) is 4.79 Å². The van der Waals surface area contributed by atoms with Crippen LogP contribution in [0.1, 0.15) is 49.9 Å². The number of rotatable bonds is 6. The Kier molecular flexibility index (Phi) is 9.60. The summed E-state index contributed by atoms with van der Waals surface area (Å²) in [5.74, 6) is 0.647. The van der Waals surface area contributed by atoms with Gasteiger partial charge >= 0.3 is 11.9 Å². The zero-order valence-electron chi connectivity index (χ0n) is 16.8. The normalized spacial score (nSPS) is 26.0. The fraction of sp³-hybridized carbons (Fsp3) is 0.619. The van der Waals surface area contributed by atoms with Crippen LogP contribution in [0.3, 0.4) is 0 Å². The first-order chi connectivity index (χ1) is 13.5. The Bertz CT molecular complexity index is 718. The Labute approximate surface area is 188 Å². The van der Waals surface area contributed by atoms with Crippen LogP contribution in [0, 0.1) is 11.8 Å². The lowest BCUT2D eigenvalue weighted by Crippen LogP contribution is -2.50. The molecular formula is C21H29Cl2NO4S. The first-order valence-corrected chi connectivity index (χ1v) is 11.3. The zero-order chi connectivity index (χ0) is 20.1. The molecule has 0 unspecified atom stereocenters. The van der Waals surface area contributed by atoms with Gasteiger partial charge in [0.05, 0.1) is 18.8 Å². The molecule has 1 heterocycles. The minimum Gasteiger partial charge on any atom is -0.465 e. The third kappa shape index (κ3) is 6.27. The van der Waals surface area contributed by atoms with Gasteiger partial charge in [-0.15, -0.1) is 24.2 Å². The van der Waals surface area contributed by atoms with Crippen LogP contribution < -0.4 is 5.32 Å². The fourth-order valence-corrected chi connectivity index (χ4v) is 5.87. The first kappa shape index (κ1) is 24.3. The van der Waals surface area contributed by atoms with E-state index < -0.39 is 0 Å². The van der Waals surface area contributed by atoms with Gasteiger partial charge in [0.15, 0.2) is 0 Å². The van der Waals surface area contributed by atoms with Crippen molar-refractivity contribution in [3.05, 3.63) is 28.8 Å². The Morgan fingerprint density at radius 1 is 1.14 bits per heavy atom. The Morgan fingerprint density at radius 3 is 2.62 bits per heavy atom. The molecule has 8 heteroatoms. The molecule has 5 nitrogen and oxygen atoms in total. The molecule has 2 aliphatic rings. The number of ether oxygens (including phenoxy) is 2. The van der Waals surface area contributed by atoms with Gasteiger partial charge in [0.2, 0.25) is 0 Å². The Balaban J connectivity index is 0.00000300. The largest absolute Gasteiger partial charge is 0.465 e. The van der Waals surface area contributed by atoms with Crippen molar-refractivity contribution in [1.82, 2.24) is 5.32 Å². The summed E-state index contributed by atoms with van der Waals surface area (Å²) < 4.78 is 10.4. The number of esters is 2. The average molecular weight is 462 g/mol. The standard InChI is InChI=1S/C21H28ClNO4S.ClH/c1-3-26-20(24)17-8-6-15(22)11-19(17)28-16-7-5-13-12-23-18(10-14(13)9-16)21(25)27-4-2;/h6,8,11,13-14,16,18,23H,3-5,7,9-10,12H2,1-2H3;1H/t13-,14+,16-,18-;/m0./s1. The van der Waals surface area contributed by atoms with Crippen molar-refractivity contribution in [2.45, 2.75) is 55.7 Å². The molecule has 0 amide bonds. The molecule has 0 spiro atoms. The summed E-state index contributed by atoms with van der Waals surface area (Å²) in [6.45, 7) is 5.27. The van der Waals surface area contributed by atoms with Crippen LogP contribution in [0.2, 0.25) is 5.02 Å². The number of hydrogen-bond acceptors (Lipinski definition) is 6. The Morgan fingerprint density at radius 2 is 1.90 bits per heavy atom. The molecule has 1 aliphatic heterocycles. The number of carbonyl (C=O) groups is 2. The highest BCUT2D eigenvalue weighted by molar-refractivity contribution is 8.00. The molecule has 0 aromatic heterocycles. The zero-order valence-corrected chi connectivity index (χ0v) is 19.2. The minimum absolute atomic E-state index is 0. The Hall–Kier alpha value is -0.950. The van der Waals surface area contributed by atoms with Crippen LogP contribution in [0.15, 0.2) is 23.1 Å². The van der Waals surface area contributed by atoms with Crippen LogP contribution in [-0.2, 0) is 14.3 Å². The number of piperidine rings is 1. The maximum Gasteiger partial charge on any atom is 0.339 e. The second-order valence-electron chi connectivity index (χ2n) is 7.38. The summed E-state index contributed by atoms with van der Waals surface area (Å²) in [5, 5.41) is 4.37. The molecule has 1 aliphatic carbocycles. The quantitative estimate of drug-likeness (QED) is 0.617. The molecule has 1 saturated carbocycles. The maximum absolute atomic E-state index is 12.3. The molecule has 3 rings (SSSR count). The SMILES string of the molecule is CCOC(=O)c1ccc(Cl)cc1S[C@H]1CC[C@H]2CN[C@H](C(=O)OCC)C[C@H]2C1.Cl. The number of benzene rings is 1. The summed E-state index contributed by atoms with van der Waals surface area (Å²) in [7, 11) is 0. The van der Waals surface area contributed by atoms with Crippen molar-refractivity contribution < 1.29 is 19.1 Å². The molecule has 2 fully saturated rings. The van der Waals surface area contributed by atoms with Crippen molar-refractivity contribution in [1.29, 1.82) is 0 Å². The third-order valence-corrected chi connectivity index (χ3v) is 7.15. The van der Waals surface area contributed by atoms with E-state index >= 15 is 0 Å². The summed E-state index contributed by atoms with van der Waals surface area (Å²) in [5.41, 5.74) is 0.577. The molecular weight excluding hydrogens is 433 g/mol. The number of fused-ring (bicyclic) bond motifs is 1. The van der Waals surface area contributed by atoms with Crippen LogP contribution in [0.5, 0.6) is 0 Å². The smallest absolute Gasteiger partial charge is 0.339 e. The van der Waals surface area contributed by atoms with Crippen molar-refractivity contribution in [3.8, 4) is 0 Å². The van der Waals surface area contributed by atoms with Crippen molar-refractivity contribution in [2.75, 3.05) is 19.8 Å². The molecule has 162 valence electrons. The van der Waals surface area contributed by atoms with Gasteiger partial charge in [-0.3, -0.25) is 4.79 Å². The van der Waals surface area contributed by atoms with E-state index in [1.54, 1.807) is 30.8 Å². The summed E-state index contributed by atoms with van der Waals surface area (Å²) in [6.07, 6.45) is 4.06.